The van der Waals surface area contributed by atoms with Gasteiger partial charge in [-0.05, 0) is 17.9 Å². The topological polar surface area (TPSA) is 45.9 Å². The van der Waals surface area contributed by atoms with Crippen LogP contribution in [0.4, 0.5) is 0 Å². The van der Waals surface area contributed by atoms with Crippen molar-refractivity contribution in [3.05, 3.63) is 23.9 Å². The molecule has 3 heteroatoms. The van der Waals surface area contributed by atoms with Crippen LogP contribution >= 0.6 is 0 Å². The summed E-state index contributed by atoms with van der Waals surface area (Å²) in [6, 6.07) is 5.37. The minimum Gasteiger partial charge on any atom is -0.478 e. The summed E-state index contributed by atoms with van der Waals surface area (Å²) in [6.45, 7) is 7.12. The number of aromatic nitrogens is 1. The first-order chi connectivity index (χ1) is 7.01. The first-order valence-electron chi connectivity index (χ1n) is 5.00. The smallest absolute Gasteiger partial charge is 0.214 e. The molecule has 1 aromatic heterocycles. The quantitative estimate of drug-likeness (QED) is 0.760. The molecule has 0 N–H and O–H groups in total. The molecule has 80 valence electrons. The highest BCUT2D eigenvalue weighted by Gasteiger charge is 2.10. The number of nitrogens with zero attached hydrogens (tertiary/aromatic N) is 2. The van der Waals surface area contributed by atoms with E-state index in [-0.39, 0.29) is 5.41 Å². The lowest BCUT2D eigenvalue weighted by molar-refractivity contribution is 0.236. The predicted octanol–water partition coefficient (Wildman–Crippen LogP) is 2.77. The molecule has 0 unspecified atom stereocenters. The van der Waals surface area contributed by atoms with Gasteiger partial charge >= 0.3 is 0 Å². The molecule has 15 heavy (non-hydrogen) atoms. The minimum absolute atomic E-state index is 0.257. The van der Waals surface area contributed by atoms with Gasteiger partial charge in [-0.15, -0.1) is 0 Å². The molecule has 0 bridgehead atoms. The van der Waals surface area contributed by atoms with Gasteiger partial charge in [0.2, 0.25) is 5.88 Å². The molecule has 3 nitrogen and oxygen atoms in total. The predicted molar refractivity (Wildman–Crippen MR) is 58.5 cm³/mol. The van der Waals surface area contributed by atoms with Gasteiger partial charge in [-0.2, -0.15) is 5.26 Å². The largest absolute Gasteiger partial charge is 0.478 e. The number of hydrogen-bond donors (Lipinski definition) is 0. The fourth-order valence-corrected chi connectivity index (χ4v) is 1.02. The third-order valence-electron chi connectivity index (χ3n) is 1.97. The van der Waals surface area contributed by atoms with Crippen molar-refractivity contribution in [3.63, 3.8) is 0 Å². The van der Waals surface area contributed by atoms with Gasteiger partial charge in [0.15, 0.2) is 0 Å². The zero-order valence-corrected chi connectivity index (χ0v) is 9.45. The summed E-state index contributed by atoms with van der Waals surface area (Å²) in [7, 11) is 0. The molecule has 0 spiro atoms. The Bertz CT molecular complexity index is 361. The van der Waals surface area contributed by atoms with Crippen LogP contribution in [0.2, 0.25) is 0 Å². The van der Waals surface area contributed by atoms with Gasteiger partial charge in [-0.25, -0.2) is 4.98 Å². The lowest BCUT2D eigenvalue weighted by atomic mass is 9.93. The maximum Gasteiger partial charge on any atom is 0.214 e. The summed E-state index contributed by atoms with van der Waals surface area (Å²) in [4.78, 5) is 4.03. The molecular weight excluding hydrogens is 188 g/mol. The van der Waals surface area contributed by atoms with Gasteiger partial charge in [0.25, 0.3) is 0 Å². The van der Waals surface area contributed by atoms with Crippen molar-refractivity contribution in [2.45, 2.75) is 27.2 Å². The van der Waals surface area contributed by atoms with Gasteiger partial charge in [0, 0.05) is 12.3 Å². The average molecular weight is 204 g/mol. The maximum atomic E-state index is 8.68. The molecular formula is C12H16N2O. The summed E-state index contributed by atoms with van der Waals surface area (Å²) in [6.07, 6.45) is 2.55. The van der Waals surface area contributed by atoms with E-state index in [1.165, 1.54) is 0 Å². The molecule has 0 aliphatic carbocycles. The van der Waals surface area contributed by atoms with E-state index in [0.29, 0.717) is 18.1 Å². The summed E-state index contributed by atoms with van der Waals surface area (Å²) < 4.78 is 5.46. The number of hydrogen-bond acceptors (Lipinski definition) is 3. The second kappa shape index (κ2) is 4.79. The van der Waals surface area contributed by atoms with Gasteiger partial charge in [0.05, 0.1) is 18.2 Å². The Morgan fingerprint density at radius 1 is 1.47 bits per heavy atom. The molecule has 1 aromatic rings. The monoisotopic (exact) mass is 204 g/mol. The van der Waals surface area contributed by atoms with Gasteiger partial charge in [0.1, 0.15) is 0 Å². The van der Waals surface area contributed by atoms with E-state index in [2.05, 4.69) is 31.8 Å². The second-order valence-electron chi connectivity index (χ2n) is 4.65. The van der Waals surface area contributed by atoms with Crippen LogP contribution in [0.5, 0.6) is 5.88 Å². The Hall–Kier alpha value is -1.56. The second-order valence-corrected chi connectivity index (χ2v) is 4.65. The van der Waals surface area contributed by atoms with Crippen LogP contribution in [0.15, 0.2) is 18.3 Å². The van der Waals surface area contributed by atoms with E-state index in [9.17, 15) is 0 Å². The molecule has 0 aliphatic rings. The fraction of sp³-hybridized carbons (Fsp3) is 0.500. The first kappa shape index (κ1) is 11.5. The number of rotatable bonds is 3. The van der Waals surface area contributed by atoms with E-state index in [4.69, 9.17) is 10.00 Å². The van der Waals surface area contributed by atoms with Crippen molar-refractivity contribution in [2.75, 3.05) is 6.61 Å². The van der Waals surface area contributed by atoms with Crippen molar-refractivity contribution < 1.29 is 4.74 Å². The lowest BCUT2D eigenvalue weighted by Gasteiger charge is -2.17. The van der Waals surface area contributed by atoms with Gasteiger partial charge in [-0.1, -0.05) is 20.8 Å². The average Bonchev–Trinajstić information content (AvgIpc) is 2.16. The van der Waals surface area contributed by atoms with E-state index in [1.54, 1.807) is 18.3 Å². The summed E-state index contributed by atoms with van der Waals surface area (Å²) >= 11 is 0. The third kappa shape index (κ3) is 4.46. The Morgan fingerprint density at radius 2 is 2.20 bits per heavy atom. The molecule has 0 aromatic carbocycles. The van der Waals surface area contributed by atoms with E-state index in [1.807, 2.05) is 0 Å². The highest BCUT2D eigenvalue weighted by atomic mass is 16.5. The summed E-state index contributed by atoms with van der Waals surface area (Å²) in [5, 5.41) is 8.68. The molecule has 0 atom stereocenters. The van der Waals surface area contributed by atoms with Crippen LogP contribution in [-0.2, 0) is 0 Å². The Kier molecular flexibility index (Phi) is 3.68. The molecule has 0 radical (unpaired) electrons. The highest BCUT2D eigenvalue weighted by molar-refractivity contribution is 5.31. The van der Waals surface area contributed by atoms with Crippen LogP contribution in [0, 0.1) is 16.7 Å². The SMILES string of the molecule is CC(C)(C)CCOc1cc(C#N)ccn1. The maximum absolute atomic E-state index is 8.68. The van der Waals surface area contributed by atoms with Crippen molar-refractivity contribution >= 4 is 0 Å². The van der Waals surface area contributed by atoms with E-state index in [0.717, 1.165) is 6.42 Å². The van der Waals surface area contributed by atoms with Gasteiger partial charge < -0.3 is 4.74 Å². The number of pyridine rings is 1. The van der Waals surface area contributed by atoms with Crippen LogP contribution in [-0.4, -0.2) is 11.6 Å². The summed E-state index contributed by atoms with van der Waals surface area (Å²) in [5.74, 6) is 0.526. The highest BCUT2D eigenvalue weighted by Crippen LogP contribution is 2.18. The number of ether oxygens (including phenoxy) is 1. The Balaban J connectivity index is 2.48. The zero-order valence-electron chi connectivity index (χ0n) is 9.45. The molecule has 0 saturated heterocycles. The molecule has 1 heterocycles. The van der Waals surface area contributed by atoms with E-state index < -0.39 is 0 Å². The third-order valence-corrected chi connectivity index (χ3v) is 1.97. The standard InChI is InChI=1S/C12H16N2O/c1-12(2,3)5-7-15-11-8-10(9-13)4-6-14-11/h4,6,8H,5,7H2,1-3H3. The van der Waals surface area contributed by atoms with Crippen molar-refractivity contribution in [1.82, 2.24) is 4.98 Å². The van der Waals surface area contributed by atoms with Crippen LogP contribution < -0.4 is 4.74 Å². The number of nitriles is 1. The minimum atomic E-state index is 0.257. The summed E-state index contributed by atoms with van der Waals surface area (Å²) in [5.41, 5.74) is 0.836. The molecule has 0 fully saturated rings. The van der Waals surface area contributed by atoms with Gasteiger partial charge in [-0.3, -0.25) is 0 Å². The van der Waals surface area contributed by atoms with Crippen molar-refractivity contribution in [2.24, 2.45) is 5.41 Å². The lowest BCUT2D eigenvalue weighted by Crippen LogP contribution is -2.11. The molecule has 0 amide bonds. The molecule has 1 rings (SSSR count). The molecule has 0 saturated carbocycles. The Morgan fingerprint density at radius 3 is 2.80 bits per heavy atom. The van der Waals surface area contributed by atoms with Crippen molar-refractivity contribution in [3.8, 4) is 11.9 Å². The van der Waals surface area contributed by atoms with Crippen LogP contribution in [0.1, 0.15) is 32.8 Å². The van der Waals surface area contributed by atoms with Crippen molar-refractivity contribution in [1.29, 1.82) is 5.26 Å². The zero-order chi connectivity index (χ0) is 11.3. The normalized spacial score (nSPS) is 10.8. The van der Waals surface area contributed by atoms with Crippen LogP contribution in [0.25, 0.3) is 0 Å². The van der Waals surface area contributed by atoms with Crippen LogP contribution in [0.3, 0.4) is 0 Å². The first-order valence-corrected chi connectivity index (χ1v) is 5.00. The van der Waals surface area contributed by atoms with E-state index >= 15 is 0 Å². The fourth-order valence-electron chi connectivity index (χ4n) is 1.02. The molecule has 0 aliphatic heterocycles. The Labute approximate surface area is 90.7 Å².